The molecule has 8 fully saturated rings. The molecule has 0 amide bonds. The molecule has 0 aromatic rings. The number of carboxylic acid groups (broad SMARTS) is 1. The number of aliphatic carboxylic acids is 1. The molecular formula is C53H86O24. The number of fused-ring (bicyclic) bond motifs is 7. The van der Waals surface area contributed by atoms with Crippen LogP contribution < -0.4 is 0 Å². The van der Waals surface area contributed by atoms with Gasteiger partial charge in [-0.15, -0.1) is 0 Å². The first kappa shape index (κ1) is 59.9. The Morgan fingerprint density at radius 2 is 1.26 bits per heavy atom. The Bertz CT molecular complexity index is 2140. The van der Waals surface area contributed by atoms with Gasteiger partial charge in [0.25, 0.3) is 0 Å². The van der Waals surface area contributed by atoms with Crippen molar-refractivity contribution in [2.75, 3.05) is 26.4 Å². The summed E-state index contributed by atoms with van der Waals surface area (Å²) in [5, 5.41) is 163. The number of hydrogen-bond donors (Lipinski definition) is 15. The predicted molar refractivity (Wildman–Crippen MR) is 260 cm³/mol. The highest BCUT2D eigenvalue weighted by Crippen LogP contribution is 2.76. The normalized spacial score (nSPS) is 56.9. The van der Waals surface area contributed by atoms with E-state index in [1.807, 2.05) is 13.8 Å². The van der Waals surface area contributed by atoms with Crippen LogP contribution in [0.15, 0.2) is 11.6 Å². The first-order chi connectivity index (χ1) is 36.0. The maximum absolute atomic E-state index is 12.5. The lowest BCUT2D eigenvalue weighted by atomic mass is 9.33. The van der Waals surface area contributed by atoms with E-state index in [0.29, 0.717) is 51.4 Å². The summed E-state index contributed by atoms with van der Waals surface area (Å²) in [5.74, 6) is -2.00. The Hall–Kier alpha value is -1.67. The van der Waals surface area contributed by atoms with Gasteiger partial charge in [0.05, 0.1) is 50.8 Å². The van der Waals surface area contributed by atoms with Crippen LogP contribution in [0.5, 0.6) is 0 Å². The fourth-order valence-electron chi connectivity index (χ4n) is 16.4. The molecule has 24 nitrogen and oxygen atoms in total. The first-order valence-electron chi connectivity index (χ1n) is 27.5. The quantitative estimate of drug-likeness (QED) is 0.0689. The first-order valence-corrected chi connectivity index (χ1v) is 27.5. The second-order valence-corrected chi connectivity index (χ2v) is 25.8. The molecule has 0 unspecified atom stereocenters. The molecule has 442 valence electrons. The number of carbonyl (C=O) groups is 1. The van der Waals surface area contributed by atoms with Crippen molar-refractivity contribution in [1.82, 2.24) is 0 Å². The largest absolute Gasteiger partial charge is 0.479 e. The molecule has 77 heavy (non-hydrogen) atoms. The molecule has 4 saturated heterocycles. The predicted octanol–water partition coefficient (Wildman–Crippen LogP) is -2.89. The minimum atomic E-state index is -2.08. The number of carboxylic acids is 1. The van der Waals surface area contributed by atoms with Crippen molar-refractivity contribution < 1.29 is 119 Å². The molecule has 15 N–H and O–H groups in total. The van der Waals surface area contributed by atoms with Gasteiger partial charge in [0, 0.05) is 16.2 Å². The average Bonchev–Trinajstić information content (AvgIpc) is 3.42. The molecule has 0 aromatic carbocycles. The van der Waals surface area contributed by atoms with Crippen LogP contribution in [-0.2, 0) is 42.7 Å². The summed E-state index contributed by atoms with van der Waals surface area (Å²) in [5.41, 5.74) is -2.86. The van der Waals surface area contributed by atoms with Gasteiger partial charge in [-0.25, -0.2) is 4.79 Å². The molecule has 31 atom stereocenters. The van der Waals surface area contributed by atoms with E-state index in [-0.39, 0.29) is 36.4 Å². The Morgan fingerprint density at radius 3 is 1.90 bits per heavy atom. The van der Waals surface area contributed by atoms with Gasteiger partial charge in [0.1, 0.15) is 79.4 Å². The van der Waals surface area contributed by atoms with Crippen LogP contribution in [0.3, 0.4) is 0 Å². The highest BCUT2D eigenvalue weighted by atomic mass is 16.8. The zero-order valence-electron chi connectivity index (χ0n) is 44.9. The van der Waals surface area contributed by atoms with Gasteiger partial charge >= 0.3 is 5.97 Å². The number of ether oxygens (including phenoxy) is 8. The maximum atomic E-state index is 12.5. The van der Waals surface area contributed by atoms with Crippen LogP contribution in [0.4, 0.5) is 0 Å². The van der Waals surface area contributed by atoms with Crippen LogP contribution in [0.1, 0.15) is 99.8 Å². The number of hydrogen-bond acceptors (Lipinski definition) is 23. The monoisotopic (exact) mass is 1110 g/mol. The van der Waals surface area contributed by atoms with E-state index >= 15 is 0 Å². The fourth-order valence-corrected chi connectivity index (χ4v) is 16.4. The number of rotatable bonds is 12. The molecule has 0 radical (unpaired) electrons. The highest BCUT2D eigenvalue weighted by molar-refractivity contribution is 5.73. The number of allylic oxidation sites excluding steroid dienone is 2. The van der Waals surface area contributed by atoms with Crippen molar-refractivity contribution in [2.45, 2.75) is 235 Å². The van der Waals surface area contributed by atoms with Crippen molar-refractivity contribution in [3.8, 4) is 0 Å². The summed E-state index contributed by atoms with van der Waals surface area (Å²) >= 11 is 0. The molecule has 9 aliphatic rings. The average molecular weight is 1110 g/mol. The lowest BCUT2D eigenvalue weighted by Crippen LogP contribution is -2.69. The van der Waals surface area contributed by atoms with E-state index in [1.165, 1.54) is 12.5 Å². The van der Waals surface area contributed by atoms with Crippen molar-refractivity contribution in [3.05, 3.63) is 11.6 Å². The summed E-state index contributed by atoms with van der Waals surface area (Å²) < 4.78 is 48.4. The van der Waals surface area contributed by atoms with E-state index in [1.54, 1.807) is 6.92 Å². The topological polar surface area (TPSA) is 394 Å². The zero-order valence-corrected chi connectivity index (χ0v) is 44.9. The van der Waals surface area contributed by atoms with Crippen molar-refractivity contribution in [2.24, 2.45) is 50.2 Å². The van der Waals surface area contributed by atoms with E-state index in [2.05, 4.69) is 26.8 Å². The Morgan fingerprint density at radius 1 is 0.623 bits per heavy atom. The minimum absolute atomic E-state index is 0.0508. The van der Waals surface area contributed by atoms with Gasteiger partial charge in [-0.05, 0) is 92.3 Å². The molecule has 4 aliphatic heterocycles. The molecule has 0 spiro atoms. The molecular weight excluding hydrogens is 1020 g/mol. The van der Waals surface area contributed by atoms with Gasteiger partial charge in [0.2, 0.25) is 0 Å². The molecule has 5 aliphatic carbocycles. The van der Waals surface area contributed by atoms with E-state index < -0.39 is 181 Å². The van der Waals surface area contributed by atoms with Crippen LogP contribution in [0, 0.1) is 50.2 Å². The minimum Gasteiger partial charge on any atom is -0.479 e. The number of aliphatic hydroxyl groups excluding tert-OH is 14. The van der Waals surface area contributed by atoms with Crippen LogP contribution in [0.25, 0.3) is 0 Å². The van der Waals surface area contributed by atoms with Crippen LogP contribution in [0.2, 0.25) is 0 Å². The third-order valence-electron chi connectivity index (χ3n) is 21.7. The summed E-state index contributed by atoms with van der Waals surface area (Å²) in [6.45, 7) is 12.1. The van der Waals surface area contributed by atoms with Gasteiger partial charge in [-0.1, -0.05) is 53.2 Å². The van der Waals surface area contributed by atoms with Gasteiger partial charge in [0.15, 0.2) is 31.3 Å². The summed E-state index contributed by atoms with van der Waals surface area (Å²) in [4.78, 5) is 12.5. The van der Waals surface area contributed by atoms with E-state index in [0.717, 1.165) is 0 Å². The highest BCUT2D eigenvalue weighted by Gasteiger charge is 2.71. The van der Waals surface area contributed by atoms with Crippen molar-refractivity contribution >= 4 is 5.97 Å². The molecule has 0 bridgehead atoms. The van der Waals surface area contributed by atoms with Gasteiger partial charge < -0.3 is 114 Å². The van der Waals surface area contributed by atoms with Crippen LogP contribution >= 0.6 is 0 Å². The van der Waals surface area contributed by atoms with Crippen molar-refractivity contribution in [1.29, 1.82) is 0 Å². The molecule has 4 heterocycles. The Kier molecular flexibility index (Phi) is 16.7. The van der Waals surface area contributed by atoms with E-state index in [9.17, 15) is 81.4 Å². The molecule has 24 heteroatoms. The Labute approximate surface area is 447 Å². The second kappa shape index (κ2) is 21.5. The summed E-state index contributed by atoms with van der Waals surface area (Å²) in [7, 11) is 0. The molecule has 9 rings (SSSR count). The maximum Gasteiger partial charge on any atom is 0.335 e. The molecule has 4 saturated carbocycles. The lowest BCUT2D eigenvalue weighted by molar-refractivity contribution is -0.387. The fraction of sp³-hybridized carbons (Fsp3) is 0.943. The zero-order chi connectivity index (χ0) is 56.4. The summed E-state index contributed by atoms with van der Waals surface area (Å²) in [6.07, 6.45) is -28.3. The van der Waals surface area contributed by atoms with E-state index in [4.69, 9.17) is 37.9 Å². The lowest BCUT2D eigenvalue weighted by Gasteiger charge is -2.72. The van der Waals surface area contributed by atoms with Gasteiger partial charge in [-0.3, -0.25) is 0 Å². The van der Waals surface area contributed by atoms with Gasteiger partial charge in [-0.2, -0.15) is 0 Å². The summed E-state index contributed by atoms with van der Waals surface area (Å²) in [6, 6.07) is 0. The Balaban J connectivity index is 0.981. The second-order valence-electron chi connectivity index (χ2n) is 25.8. The smallest absolute Gasteiger partial charge is 0.335 e. The standard InChI is InChI=1S/C53H86O24/c1-21-29(58)32(61)36(65)44(71-21)75-39-30(59)24(57)18-70-46(39)76-40-35(64)34(63)38(43(68)69)74-47(40)73-28-11-12-50(4)26(51(28,5)20-56)10-13-53(7)27(50)9-8-22-23-16-48(2,19-55)41(67)42(49(23,3)14-15-52(22,53)6)77-45-37(66)33(62)31(60)25(17-54)72-45/h8,21,23-42,44-47,54-67H,9-20H2,1-7H3,(H,68,69)/t21-,23-,24+,25+,26+,27+,28-,29-,30-,31+,32+,33-,34-,35-,36+,37+,38-,39+,40+,41+,42+,44-,45-,46-,47+,48+,49+,50-,51+,52+,53+/m0/s1. The van der Waals surface area contributed by atoms with Crippen LogP contribution in [-0.4, -0.2) is 244 Å². The number of aliphatic hydroxyl groups is 14. The van der Waals surface area contributed by atoms with Crippen molar-refractivity contribution in [3.63, 3.8) is 0 Å². The molecule has 0 aromatic heterocycles. The SMILES string of the molecule is C[C@@H]1O[C@@H](O[C@H]2[C@H](O[C@H]3[C@H](O[C@H]4CC[C@@]5(C)[C@@H](CC[C@]6(C)[C@@H]5CC=C5[C@@H]7C[C@](C)(CO)[C@H](O)[C@@H](O[C@@H]8O[C@H](CO)[C@@H](O)[C@H](O)[C@H]8O)[C@]7(C)CC[C@]56C)[C@@]4(C)CO)O[C@H](C(=O)O)[C@@H](O)[C@@H]3O)OC[C@@H](O)[C@@H]2O)[C@H](O)[C@H](O)[C@H]1O. The third kappa shape index (κ3) is 9.41. The third-order valence-corrected chi connectivity index (χ3v) is 21.7.